The van der Waals surface area contributed by atoms with Crippen molar-refractivity contribution in [2.24, 2.45) is 0 Å². The van der Waals surface area contributed by atoms with E-state index in [2.05, 4.69) is 73.8 Å². The summed E-state index contributed by atoms with van der Waals surface area (Å²) < 4.78 is 2.33. The lowest BCUT2D eigenvalue weighted by Crippen LogP contribution is -2.43. The van der Waals surface area contributed by atoms with Crippen LogP contribution in [0.25, 0.3) is 10.9 Å². The highest BCUT2D eigenvalue weighted by molar-refractivity contribution is 5.86. The zero-order valence-corrected chi connectivity index (χ0v) is 23.1. The number of aromatic nitrogens is 2. The summed E-state index contributed by atoms with van der Waals surface area (Å²) >= 11 is 0. The van der Waals surface area contributed by atoms with Crippen LogP contribution >= 0.6 is 0 Å². The van der Waals surface area contributed by atoms with Gasteiger partial charge < -0.3 is 14.8 Å². The predicted molar refractivity (Wildman–Crippen MR) is 155 cm³/mol. The molecule has 0 radical (unpaired) electrons. The molecule has 0 atom stereocenters. The molecule has 0 spiro atoms. The number of benzene rings is 1. The fourth-order valence-electron chi connectivity index (χ4n) is 5.92. The van der Waals surface area contributed by atoms with Crippen LogP contribution in [0, 0.1) is 23.2 Å². The van der Waals surface area contributed by atoms with Crippen molar-refractivity contribution in [2.45, 2.75) is 71.0 Å². The molecule has 3 aromatic rings. The van der Waals surface area contributed by atoms with Gasteiger partial charge in [-0.25, -0.2) is 0 Å². The van der Waals surface area contributed by atoms with Crippen molar-refractivity contribution < 1.29 is 0 Å². The molecule has 198 valence electrons. The maximum Gasteiger partial charge on any atom is 0.0937 e. The van der Waals surface area contributed by atoms with E-state index in [1.54, 1.807) is 6.20 Å². The van der Waals surface area contributed by atoms with Crippen molar-refractivity contribution >= 4 is 16.6 Å². The molecule has 2 aromatic heterocycles. The average Bonchev–Trinajstić information content (AvgIpc) is 3.60. The van der Waals surface area contributed by atoms with Crippen LogP contribution in [-0.4, -0.2) is 58.1 Å². The van der Waals surface area contributed by atoms with Crippen LogP contribution in [0.5, 0.6) is 0 Å². The summed E-state index contributed by atoms with van der Waals surface area (Å²) in [5.41, 5.74) is 4.83. The van der Waals surface area contributed by atoms with Gasteiger partial charge >= 0.3 is 0 Å². The van der Waals surface area contributed by atoms with Crippen LogP contribution < -0.4 is 5.32 Å². The van der Waals surface area contributed by atoms with E-state index in [1.165, 1.54) is 68.3 Å². The number of nitrogens with one attached hydrogen (secondary N) is 1. The van der Waals surface area contributed by atoms with Gasteiger partial charge in [0.1, 0.15) is 0 Å². The Hall–Kier alpha value is -3.32. The van der Waals surface area contributed by atoms with E-state index < -0.39 is 5.41 Å². The lowest BCUT2D eigenvalue weighted by Gasteiger charge is -2.36. The molecule has 0 bridgehead atoms. The minimum Gasteiger partial charge on any atom is -0.373 e. The molecule has 2 aliphatic heterocycles. The third kappa shape index (κ3) is 5.73. The molecule has 0 saturated carbocycles. The minimum atomic E-state index is -0.589. The molecule has 0 aliphatic carbocycles. The first kappa shape index (κ1) is 26.3. The number of hydrogen-bond donors (Lipinski definition) is 1. The Bertz CT molecular complexity index is 1340. The zero-order chi connectivity index (χ0) is 26.5. The molecule has 6 nitrogen and oxygen atoms in total. The summed E-state index contributed by atoms with van der Waals surface area (Å²) in [4.78, 5) is 9.81. The van der Waals surface area contributed by atoms with Gasteiger partial charge in [0.25, 0.3) is 0 Å². The Morgan fingerprint density at radius 1 is 1.08 bits per heavy atom. The first-order chi connectivity index (χ1) is 18.5. The Kier molecular flexibility index (Phi) is 8.03. The maximum absolute atomic E-state index is 9.31. The molecule has 2 aliphatic rings. The van der Waals surface area contributed by atoms with E-state index in [1.807, 2.05) is 26.0 Å². The molecule has 1 aromatic carbocycles. The van der Waals surface area contributed by atoms with E-state index >= 15 is 0 Å². The van der Waals surface area contributed by atoms with E-state index in [9.17, 15) is 5.26 Å². The Morgan fingerprint density at radius 3 is 2.55 bits per heavy atom. The molecule has 4 heterocycles. The van der Waals surface area contributed by atoms with Crippen molar-refractivity contribution in [3.63, 3.8) is 0 Å². The number of nitriles is 1. The zero-order valence-electron chi connectivity index (χ0n) is 23.1. The van der Waals surface area contributed by atoms with Gasteiger partial charge in [0, 0.05) is 30.0 Å². The second kappa shape index (κ2) is 11.6. The first-order valence-corrected chi connectivity index (χ1v) is 14.2. The highest BCUT2D eigenvalue weighted by atomic mass is 15.2. The summed E-state index contributed by atoms with van der Waals surface area (Å²) in [7, 11) is 0. The maximum atomic E-state index is 9.31. The molecule has 2 saturated heterocycles. The number of aryl methyl sites for hydroxylation is 1. The summed E-state index contributed by atoms with van der Waals surface area (Å²) in [5.74, 6) is 6.70. The van der Waals surface area contributed by atoms with Gasteiger partial charge in [0.05, 0.1) is 41.3 Å². The van der Waals surface area contributed by atoms with Gasteiger partial charge in [0.2, 0.25) is 0 Å². The molecule has 5 rings (SSSR count). The predicted octanol–water partition coefficient (Wildman–Crippen LogP) is 5.38. The van der Waals surface area contributed by atoms with Crippen molar-refractivity contribution in [1.29, 1.82) is 5.26 Å². The van der Waals surface area contributed by atoms with Crippen LogP contribution in [0.15, 0.2) is 42.6 Å². The second-order valence-electron chi connectivity index (χ2n) is 11.2. The van der Waals surface area contributed by atoms with Crippen molar-refractivity contribution in [2.75, 3.05) is 38.0 Å². The number of fused-ring (bicyclic) bond motifs is 1. The van der Waals surface area contributed by atoms with E-state index in [-0.39, 0.29) is 0 Å². The summed E-state index contributed by atoms with van der Waals surface area (Å²) in [6.45, 7) is 13.4. The highest BCUT2D eigenvalue weighted by Gasteiger charge is 2.26. The lowest BCUT2D eigenvalue weighted by atomic mass is 9.91. The molecule has 2 fully saturated rings. The smallest absolute Gasteiger partial charge is 0.0937 e. The minimum absolute atomic E-state index is 0.534. The Labute approximate surface area is 227 Å². The topological polar surface area (TPSA) is 60.1 Å². The van der Waals surface area contributed by atoms with Crippen LogP contribution in [0.2, 0.25) is 0 Å². The Morgan fingerprint density at radius 2 is 1.87 bits per heavy atom. The van der Waals surface area contributed by atoms with Crippen molar-refractivity contribution in [1.82, 2.24) is 19.4 Å². The van der Waals surface area contributed by atoms with Gasteiger partial charge in [-0.1, -0.05) is 18.1 Å². The molecule has 0 unspecified atom stereocenters. The quantitative estimate of drug-likeness (QED) is 0.434. The molecule has 0 amide bonds. The second-order valence-corrected chi connectivity index (χ2v) is 11.2. The Balaban J connectivity index is 1.24. The van der Waals surface area contributed by atoms with Gasteiger partial charge in [-0.3, -0.25) is 9.88 Å². The number of likely N-dealkylation sites (tertiary alicyclic amines) is 2. The largest absolute Gasteiger partial charge is 0.373 e. The van der Waals surface area contributed by atoms with E-state index in [0.29, 0.717) is 6.54 Å². The summed E-state index contributed by atoms with van der Waals surface area (Å²) in [5, 5.41) is 14.0. The van der Waals surface area contributed by atoms with Crippen LogP contribution in [0.1, 0.15) is 63.4 Å². The number of pyridine rings is 1. The number of anilines is 1. The molecule has 1 N–H and O–H groups in total. The number of rotatable bonds is 7. The summed E-state index contributed by atoms with van der Waals surface area (Å²) in [6.07, 6.45) is 7.13. The third-order valence-corrected chi connectivity index (χ3v) is 8.24. The lowest BCUT2D eigenvalue weighted by molar-refractivity contribution is 0.123. The summed E-state index contributed by atoms with van der Waals surface area (Å²) in [6, 6.07) is 15.9. The number of nitrogens with zero attached hydrogens (tertiary/aromatic N) is 5. The number of hydrogen-bond acceptors (Lipinski definition) is 5. The standard InChI is InChI=1S/C32H40N6/c1-4-38-28(10-8-16-34-26-12-13-31(35-22-26)32(2,3)24-33)21-29-25(9-7-11-30(29)38)23-36-19-14-27(15-20-36)37-17-5-6-18-37/h7,9,11-13,21-22,27,34H,4-6,14-20,23H2,1-3H3. The molecule has 6 heteroatoms. The molecular weight excluding hydrogens is 468 g/mol. The normalized spacial score (nSPS) is 17.3. The van der Waals surface area contributed by atoms with Crippen LogP contribution in [0.4, 0.5) is 5.69 Å². The van der Waals surface area contributed by atoms with Crippen LogP contribution in [-0.2, 0) is 18.5 Å². The fourth-order valence-corrected chi connectivity index (χ4v) is 5.92. The number of piperidine rings is 1. The fraction of sp³-hybridized carbons (Fsp3) is 0.500. The average molecular weight is 509 g/mol. The van der Waals surface area contributed by atoms with Crippen LogP contribution in [0.3, 0.4) is 0 Å². The van der Waals surface area contributed by atoms with E-state index in [0.717, 1.165) is 36.2 Å². The SMILES string of the molecule is CCn1c(C#CCNc2ccc(C(C)(C)C#N)nc2)cc2c(CN3CCC(N4CCCC4)CC3)cccc21. The molecule has 38 heavy (non-hydrogen) atoms. The van der Waals surface area contributed by atoms with Gasteiger partial charge in [-0.2, -0.15) is 5.26 Å². The highest BCUT2D eigenvalue weighted by Crippen LogP contribution is 2.27. The van der Waals surface area contributed by atoms with Crippen molar-refractivity contribution in [3.8, 4) is 17.9 Å². The van der Waals surface area contributed by atoms with Gasteiger partial charge in [-0.15, -0.1) is 0 Å². The van der Waals surface area contributed by atoms with Gasteiger partial charge in [-0.05, 0) is 108 Å². The van der Waals surface area contributed by atoms with Gasteiger partial charge in [0.15, 0.2) is 0 Å². The monoisotopic (exact) mass is 508 g/mol. The van der Waals surface area contributed by atoms with Crippen molar-refractivity contribution in [3.05, 3.63) is 59.5 Å². The van der Waals surface area contributed by atoms with E-state index in [4.69, 9.17) is 0 Å². The third-order valence-electron chi connectivity index (χ3n) is 8.24. The first-order valence-electron chi connectivity index (χ1n) is 14.2. The molecular formula is C32H40N6.